The average Bonchev–Trinajstić information content (AvgIpc) is 3.11. The van der Waals surface area contributed by atoms with Gasteiger partial charge in [-0.05, 0) is 5.56 Å². The Kier molecular flexibility index (Phi) is 4.54. The monoisotopic (exact) mass is 360 g/mol. The summed E-state index contributed by atoms with van der Waals surface area (Å²) in [5.41, 5.74) is 2.42. The lowest BCUT2D eigenvalue weighted by atomic mass is 9.98. The van der Waals surface area contributed by atoms with Gasteiger partial charge in [0.25, 0.3) is 0 Å². The van der Waals surface area contributed by atoms with Gasteiger partial charge in [0.2, 0.25) is 5.91 Å². The molecule has 2 aromatic carbocycles. The molecule has 4 rings (SSSR count). The number of fused-ring (bicyclic) bond motifs is 1. The molecule has 0 saturated carbocycles. The van der Waals surface area contributed by atoms with Crippen LogP contribution in [0.15, 0.2) is 60.7 Å². The van der Waals surface area contributed by atoms with Gasteiger partial charge in [-0.3, -0.25) is 14.5 Å². The van der Waals surface area contributed by atoms with Crippen LogP contribution >= 0.6 is 0 Å². The first-order valence-corrected chi connectivity index (χ1v) is 8.99. The maximum Gasteiger partial charge on any atom is 0.229 e. The number of benzene rings is 2. The fourth-order valence-corrected chi connectivity index (χ4v) is 3.29. The highest BCUT2D eigenvalue weighted by Gasteiger charge is 2.33. The zero-order chi connectivity index (χ0) is 18.8. The summed E-state index contributed by atoms with van der Waals surface area (Å²) in [7, 11) is 0. The second-order valence-electron chi connectivity index (χ2n) is 6.80. The summed E-state index contributed by atoms with van der Waals surface area (Å²) in [6.45, 7) is 2.47. The van der Waals surface area contributed by atoms with E-state index in [1.54, 1.807) is 17.0 Å². The van der Waals surface area contributed by atoms with Crippen LogP contribution in [-0.2, 0) is 17.9 Å². The van der Waals surface area contributed by atoms with Crippen molar-refractivity contribution in [3.63, 3.8) is 0 Å². The van der Waals surface area contributed by atoms with Crippen LogP contribution in [-0.4, -0.2) is 26.7 Å². The molecule has 0 radical (unpaired) electrons. The Morgan fingerprint density at radius 3 is 2.41 bits per heavy atom. The van der Waals surface area contributed by atoms with E-state index in [2.05, 4.69) is 10.2 Å². The SMILES string of the molecule is CC1CC(=O)N(Cc2ccccc2)c2nn(CC(=O)c3ccccc3)nc21. The lowest BCUT2D eigenvalue weighted by Gasteiger charge is -2.27. The molecule has 0 spiro atoms. The first-order valence-electron chi connectivity index (χ1n) is 8.99. The van der Waals surface area contributed by atoms with Crippen molar-refractivity contribution < 1.29 is 9.59 Å². The number of amides is 1. The molecule has 0 fully saturated rings. The number of rotatable bonds is 5. The molecule has 1 aliphatic heterocycles. The van der Waals surface area contributed by atoms with E-state index in [9.17, 15) is 9.59 Å². The number of hydrogen-bond donors (Lipinski definition) is 0. The number of ketones is 1. The van der Waals surface area contributed by atoms with E-state index >= 15 is 0 Å². The van der Waals surface area contributed by atoms with E-state index in [0.29, 0.717) is 24.3 Å². The van der Waals surface area contributed by atoms with E-state index in [0.717, 1.165) is 11.3 Å². The number of carbonyl (C=O) groups excluding carboxylic acids is 2. The Morgan fingerprint density at radius 1 is 1.04 bits per heavy atom. The van der Waals surface area contributed by atoms with Crippen molar-refractivity contribution in [1.29, 1.82) is 0 Å². The smallest absolute Gasteiger partial charge is 0.229 e. The second-order valence-corrected chi connectivity index (χ2v) is 6.80. The molecule has 1 atom stereocenters. The predicted octanol–water partition coefficient (Wildman–Crippen LogP) is 3.20. The Hall–Kier alpha value is -3.28. The first kappa shape index (κ1) is 17.1. The Balaban J connectivity index is 1.61. The molecule has 3 aromatic rings. The fourth-order valence-electron chi connectivity index (χ4n) is 3.29. The Labute approximate surface area is 157 Å². The van der Waals surface area contributed by atoms with Crippen LogP contribution in [0.1, 0.15) is 40.9 Å². The molecule has 1 aliphatic rings. The van der Waals surface area contributed by atoms with Crippen LogP contribution in [0.2, 0.25) is 0 Å². The molecule has 0 N–H and O–H groups in total. The van der Waals surface area contributed by atoms with Crippen LogP contribution in [0.4, 0.5) is 5.82 Å². The lowest BCUT2D eigenvalue weighted by Crippen LogP contribution is -2.35. The van der Waals surface area contributed by atoms with E-state index in [4.69, 9.17) is 0 Å². The summed E-state index contributed by atoms with van der Waals surface area (Å²) in [4.78, 5) is 28.1. The van der Waals surface area contributed by atoms with Crippen molar-refractivity contribution in [3.8, 4) is 0 Å². The van der Waals surface area contributed by atoms with Crippen molar-refractivity contribution in [3.05, 3.63) is 77.5 Å². The van der Waals surface area contributed by atoms with E-state index in [1.807, 2.05) is 55.5 Å². The number of aromatic nitrogens is 3. The third-order valence-electron chi connectivity index (χ3n) is 4.73. The molecule has 1 amide bonds. The third-order valence-corrected chi connectivity index (χ3v) is 4.73. The summed E-state index contributed by atoms with van der Waals surface area (Å²) < 4.78 is 0. The molecule has 0 bridgehead atoms. The van der Waals surface area contributed by atoms with Crippen LogP contribution in [0.25, 0.3) is 0 Å². The molecular formula is C21H20N4O2. The standard InChI is InChI=1S/C21H20N4O2/c1-15-12-19(27)24(13-16-8-4-2-5-9-16)21-20(15)22-25(23-21)14-18(26)17-10-6-3-7-11-17/h2-11,15H,12-14H2,1H3. The van der Waals surface area contributed by atoms with Gasteiger partial charge in [-0.25, -0.2) is 0 Å². The Morgan fingerprint density at radius 2 is 1.70 bits per heavy atom. The van der Waals surface area contributed by atoms with Gasteiger partial charge in [0.1, 0.15) is 12.2 Å². The molecule has 136 valence electrons. The normalized spacial score (nSPS) is 16.3. The van der Waals surface area contributed by atoms with Crippen molar-refractivity contribution in [2.45, 2.75) is 32.4 Å². The summed E-state index contributed by atoms with van der Waals surface area (Å²) in [5, 5.41) is 9.00. The summed E-state index contributed by atoms with van der Waals surface area (Å²) in [5.74, 6) is 0.514. The highest BCUT2D eigenvalue weighted by atomic mass is 16.2. The van der Waals surface area contributed by atoms with Gasteiger partial charge in [0, 0.05) is 17.9 Å². The van der Waals surface area contributed by atoms with Gasteiger partial charge in [0.05, 0.1) is 6.54 Å². The Bertz CT molecular complexity index is 966. The highest BCUT2D eigenvalue weighted by molar-refractivity contribution is 5.96. The third kappa shape index (κ3) is 3.51. The van der Waals surface area contributed by atoms with Crippen molar-refractivity contribution in [2.75, 3.05) is 4.90 Å². The van der Waals surface area contributed by atoms with E-state index in [-0.39, 0.29) is 24.2 Å². The minimum atomic E-state index is -0.0588. The molecule has 6 heteroatoms. The van der Waals surface area contributed by atoms with E-state index < -0.39 is 0 Å². The van der Waals surface area contributed by atoms with Crippen molar-refractivity contribution in [1.82, 2.24) is 15.0 Å². The van der Waals surface area contributed by atoms with Crippen molar-refractivity contribution >= 4 is 17.5 Å². The predicted molar refractivity (Wildman–Crippen MR) is 101 cm³/mol. The summed E-state index contributed by atoms with van der Waals surface area (Å²) >= 11 is 0. The number of hydrogen-bond acceptors (Lipinski definition) is 4. The molecular weight excluding hydrogens is 340 g/mol. The van der Waals surface area contributed by atoms with Gasteiger partial charge in [0.15, 0.2) is 11.6 Å². The van der Waals surface area contributed by atoms with Gasteiger partial charge in [-0.1, -0.05) is 67.6 Å². The highest BCUT2D eigenvalue weighted by Crippen LogP contribution is 2.33. The fraction of sp³-hybridized carbons (Fsp3) is 0.238. The average molecular weight is 360 g/mol. The maximum absolute atomic E-state index is 12.6. The first-order chi connectivity index (χ1) is 13.1. The van der Waals surface area contributed by atoms with Gasteiger partial charge >= 0.3 is 0 Å². The minimum absolute atomic E-state index is 0.0138. The van der Waals surface area contributed by atoms with Crippen LogP contribution < -0.4 is 4.90 Å². The number of carbonyl (C=O) groups is 2. The number of nitrogens with zero attached hydrogens (tertiary/aromatic N) is 4. The zero-order valence-electron chi connectivity index (χ0n) is 15.1. The molecule has 0 aliphatic carbocycles. The van der Waals surface area contributed by atoms with E-state index in [1.165, 1.54) is 4.80 Å². The van der Waals surface area contributed by atoms with Crippen LogP contribution in [0.3, 0.4) is 0 Å². The molecule has 2 heterocycles. The molecule has 27 heavy (non-hydrogen) atoms. The van der Waals surface area contributed by atoms with Gasteiger partial charge in [-0.2, -0.15) is 9.90 Å². The van der Waals surface area contributed by atoms with Crippen molar-refractivity contribution in [2.24, 2.45) is 0 Å². The van der Waals surface area contributed by atoms with Gasteiger partial charge in [-0.15, -0.1) is 5.10 Å². The summed E-state index contributed by atoms with van der Waals surface area (Å²) in [6.07, 6.45) is 0.394. The molecule has 1 aromatic heterocycles. The maximum atomic E-state index is 12.6. The van der Waals surface area contributed by atoms with Crippen LogP contribution in [0.5, 0.6) is 0 Å². The van der Waals surface area contributed by atoms with Crippen LogP contribution in [0, 0.1) is 0 Å². The van der Waals surface area contributed by atoms with Gasteiger partial charge < -0.3 is 0 Å². The molecule has 0 saturated heterocycles. The lowest BCUT2D eigenvalue weighted by molar-refractivity contribution is -0.119. The quantitative estimate of drug-likeness (QED) is 0.655. The second kappa shape index (κ2) is 7.15. The zero-order valence-corrected chi connectivity index (χ0v) is 15.1. The molecule has 6 nitrogen and oxygen atoms in total. The minimum Gasteiger partial charge on any atom is -0.292 e. The summed E-state index contributed by atoms with van der Waals surface area (Å²) in [6, 6.07) is 18.9. The molecule has 1 unspecified atom stereocenters. The number of anilines is 1. The topological polar surface area (TPSA) is 68.1 Å². The number of Topliss-reactive ketones (excluding diaryl/α,β-unsaturated/α-hetero) is 1. The largest absolute Gasteiger partial charge is 0.292 e.